The lowest BCUT2D eigenvalue weighted by Gasteiger charge is -2.19. The fraction of sp³-hybridized carbons (Fsp3) is 0.417. The highest BCUT2D eigenvalue weighted by atomic mass is 32.2. The third-order valence-corrected chi connectivity index (χ3v) is 4.45. The molecule has 1 amide bonds. The van der Waals surface area contributed by atoms with E-state index >= 15 is 0 Å². The van der Waals surface area contributed by atoms with Crippen LogP contribution in [0.3, 0.4) is 0 Å². The molecule has 2 rings (SSSR count). The number of amides is 1. The summed E-state index contributed by atoms with van der Waals surface area (Å²) >= 11 is 1.43. The van der Waals surface area contributed by atoms with Crippen molar-refractivity contribution in [3.63, 3.8) is 0 Å². The van der Waals surface area contributed by atoms with E-state index in [1.165, 1.54) is 17.8 Å². The minimum Gasteiger partial charge on any atom is -0.368 e. The van der Waals surface area contributed by atoms with Crippen LogP contribution in [0.5, 0.6) is 0 Å². The van der Waals surface area contributed by atoms with Gasteiger partial charge >= 0.3 is 0 Å². The van der Waals surface area contributed by atoms with Gasteiger partial charge in [-0.25, -0.2) is 4.39 Å². The summed E-state index contributed by atoms with van der Waals surface area (Å²) in [6.45, 7) is 0. The second-order valence-electron chi connectivity index (χ2n) is 4.43. The van der Waals surface area contributed by atoms with Crippen molar-refractivity contribution >= 4 is 17.7 Å². The highest BCUT2D eigenvalue weighted by molar-refractivity contribution is 8.00. The second-order valence-corrected chi connectivity index (χ2v) is 5.78. The maximum absolute atomic E-state index is 13.5. The van der Waals surface area contributed by atoms with Crippen molar-refractivity contribution in [1.29, 1.82) is 0 Å². The summed E-state index contributed by atoms with van der Waals surface area (Å²) in [5, 5.41) is 0.157. The SMILES string of the molecule is NC(=O)C1(N)CCC(Sc2ccccc2F)C1. The zero-order valence-corrected chi connectivity index (χ0v) is 10.2. The Morgan fingerprint density at radius 2 is 2.18 bits per heavy atom. The first kappa shape index (κ1) is 12.4. The molecule has 0 saturated heterocycles. The van der Waals surface area contributed by atoms with E-state index in [2.05, 4.69) is 0 Å². The number of rotatable bonds is 3. The summed E-state index contributed by atoms with van der Waals surface area (Å²) in [6.07, 6.45) is 1.88. The van der Waals surface area contributed by atoms with E-state index in [9.17, 15) is 9.18 Å². The molecular weight excluding hydrogens is 239 g/mol. The Morgan fingerprint density at radius 1 is 1.47 bits per heavy atom. The average Bonchev–Trinajstić information content (AvgIpc) is 2.65. The van der Waals surface area contributed by atoms with E-state index < -0.39 is 11.4 Å². The van der Waals surface area contributed by atoms with Crippen molar-refractivity contribution in [2.24, 2.45) is 11.5 Å². The first-order chi connectivity index (χ1) is 8.01. The molecule has 0 heterocycles. The molecule has 3 nitrogen and oxygen atoms in total. The van der Waals surface area contributed by atoms with Crippen LogP contribution in [-0.2, 0) is 4.79 Å². The molecule has 1 aromatic rings. The third-order valence-electron chi connectivity index (χ3n) is 3.13. The van der Waals surface area contributed by atoms with Crippen molar-refractivity contribution < 1.29 is 9.18 Å². The maximum atomic E-state index is 13.5. The second kappa shape index (κ2) is 4.66. The molecule has 1 fully saturated rings. The molecule has 1 aliphatic carbocycles. The monoisotopic (exact) mass is 254 g/mol. The number of carbonyl (C=O) groups is 1. The molecule has 0 spiro atoms. The number of nitrogens with two attached hydrogens (primary N) is 2. The average molecular weight is 254 g/mol. The fourth-order valence-electron chi connectivity index (χ4n) is 2.07. The minimum absolute atomic E-state index is 0.157. The molecule has 2 unspecified atom stereocenters. The van der Waals surface area contributed by atoms with E-state index in [4.69, 9.17) is 11.5 Å². The van der Waals surface area contributed by atoms with Gasteiger partial charge in [-0.2, -0.15) is 0 Å². The number of hydrogen-bond donors (Lipinski definition) is 2. The number of thioether (sulfide) groups is 1. The predicted octanol–water partition coefficient (Wildman–Crippen LogP) is 1.65. The highest BCUT2D eigenvalue weighted by Gasteiger charge is 2.41. The molecule has 0 bridgehead atoms. The minimum atomic E-state index is -0.914. The van der Waals surface area contributed by atoms with Crippen LogP contribution in [0, 0.1) is 5.82 Å². The van der Waals surface area contributed by atoms with Crippen molar-refractivity contribution in [3.8, 4) is 0 Å². The summed E-state index contributed by atoms with van der Waals surface area (Å²) in [5.74, 6) is -0.694. The lowest BCUT2D eigenvalue weighted by molar-refractivity contribution is -0.122. The molecule has 4 N–H and O–H groups in total. The summed E-state index contributed by atoms with van der Waals surface area (Å²) in [7, 11) is 0. The van der Waals surface area contributed by atoms with Gasteiger partial charge in [0.25, 0.3) is 0 Å². The number of halogens is 1. The van der Waals surface area contributed by atoms with Crippen molar-refractivity contribution in [2.75, 3.05) is 0 Å². The molecule has 1 saturated carbocycles. The molecular formula is C12H15FN2OS. The van der Waals surface area contributed by atoms with E-state index in [0.29, 0.717) is 17.7 Å². The van der Waals surface area contributed by atoms with Gasteiger partial charge in [0.1, 0.15) is 5.82 Å². The van der Waals surface area contributed by atoms with Gasteiger partial charge in [-0.15, -0.1) is 11.8 Å². The number of carbonyl (C=O) groups excluding carboxylic acids is 1. The van der Waals surface area contributed by atoms with Crippen LogP contribution in [0.15, 0.2) is 29.2 Å². The van der Waals surface area contributed by atoms with E-state index in [1.807, 2.05) is 0 Å². The van der Waals surface area contributed by atoms with Crippen molar-refractivity contribution in [3.05, 3.63) is 30.1 Å². The summed E-state index contributed by atoms with van der Waals surface area (Å²) < 4.78 is 13.5. The van der Waals surface area contributed by atoms with Gasteiger partial charge in [0.2, 0.25) is 5.91 Å². The topological polar surface area (TPSA) is 69.1 Å². The fourth-order valence-corrected chi connectivity index (χ4v) is 3.39. The Morgan fingerprint density at radius 3 is 2.76 bits per heavy atom. The van der Waals surface area contributed by atoms with E-state index in [0.717, 1.165) is 6.42 Å². The van der Waals surface area contributed by atoms with E-state index in [1.54, 1.807) is 18.2 Å². The first-order valence-corrected chi connectivity index (χ1v) is 6.39. The zero-order chi connectivity index (χ0) is 12.5. The van der Waals surface area contributed by atoms with Gasteiger partial charge in [0.15, 0.2) is 0 Å². The molecule has 5 heteroatoms. The lowest BCUT2D eigenvalue weighted by atomic mass is 9.99. The molecule has 0 aliphatic heterocycles. The standard InChI is InChI=1S/C12H15FN2OS/c13-9-3-1-2-4-10(9)17-8-5-6-12(15,7-8)11(14)16/h1-4,8H,5-7,15H2,(H2,14,16). The number of benzene rings is 1. The van der Waals surface area contributed by atoms with Crippen LogP contribution < -0.4 is 11.5 Å². The largest absolute Gasteiger partial charge is 0.368 e. The van der Waals surface area contributed by atoms with E-state index in [-0.39, 0.29) is 11.1 Å². The van der Waals surface area contributed by atoms with Gasteiger partial charge in [-0.3, -0.25) is 4.79 Å². The Kier molecular flexibility index (Phi) is 3.40. The Balaban J connectivity index is 2.04. The van der Waals surface area contributed by atoms with Crippen LogP contribution >= 0.6 is 11.8 Å². The maximum Gasteiger partial charge on any atom is 0.237 e. The smallest absolute Gasteiger partial charge is 0.237 e. The molecule has 1 aliphatic rings. The number of hydrogen-bond acceptors (Lipinski definition) is 3. The van der Waals surface area contributed by atoms with Gasteiger partial charge in [0.05, 0.1) is 5.54 Å². The molecule has 17 heavy (non-hydrogen) atoms. The third kappa shape index (κ3) is 2.61. The van der Waals surface area contributed by atoms with Crippen LogP contribution in [0.2, 0.25) is 0 Å². The van der Waals surface area contributed by atoms with Gasteiger partial charge in [-0.05, 0) is 31.4 Å². The molecule has 2 atom stereocenters. The number of primary amides is 1. The van der Waals surface area contributed by atoms with Crippen molar-refractivity contribution in [1.82, 2.24) is 0 Å². The molecule has 0 aromatic heterocycles. The lowest BCUT2D eigenvalue weighted by Crippen LogP contribution is -2.50. The normalized spacial score (nSPS) is 28.2. The molecule has 1 aromatic carbocycles. The van der Waals surface area contributed by atoms with Crippen LogP contribution in [0.25, 0.3) is 0 Å². The predicted molar refractivity (Wildman–Crippen MR) is 66.0 cm³/mol. The van der Waals surface area contributed by atoms with Crippen LogP contribution in [0.4, 0.5) is 4.39 Å². The highest BCUT2D eigenvalue weighted by Crippen LogP contribution is 2.39. The zero-order valence-electron chi connectivity index (χ0n) is 9.36. The Labute approximate surface area is 104 Å². The van der Waals surface area contributed by atoms with Gasteiger partial charge in [0, 0.05) is 10.1 Å². The molecule has 92 valence electrons. The summed E-state index contributed by atoms with van der Waals surface area (Å²) in [5.41, 5.74) is 10.3. The van der Waals surface area contributed by atoms with Crippen molar-refractivity contribution in [2.45, 2.75) is 34.9 Å². The summed E-state index contributed by atoms with van der Waals surface area (Å²) in [6, 6.07) is 6.62. The quantitative estimate of drug-likeness (QED) is 0.861. The summed E-state index contributed by atoms with van der Waals surface area (Å²) in [4.78, 5) is 11.8. The first-order valence-electron chi connectivity index (χ1n) is 5.51. The van der Waals surface area contributed by atoms with Gasteiger partial charge < -0.3 is 11.5 Å². The molecule has 0 radical (unpaired) electrons. The van der Waals surface area contributed by atoms with Crippen LogP contribution in [-0.4, -0.2) is 16.7 Å². The Bertz CT molecular complexity index is 440. The van der Waals surface area contributed by atoms with Gasteiger partial charge in [-0.1, -0.05) is 12.1 Å². The van der Waals surface area contributed by atoms with Crippen LogP contribution in [0.1, 0.15) is 19.3 Å². The Hall–Kier alpha value is -1.07.